The molecule has 1 aliphatic rings. The number of benzene rings is 1. The number of fused-ring (bicyclic) bond motifs is 1. The van der Waals surface area contributed by atoms with E-state index in [0.29, 0.717) is 0 Å². The van der Waals surface area contributed by atoms with E-state index in [-0.39, 0.29) is 0 Å². The Labute approximate surface area is 174 Å². The molecule has 0 unspecified atom stereocenters. The highest BCUT2D eigenvalue weighted by atomic mass is 15.3. The first-order valence-electron chi connectivity index (χ1n) is 10.8. The van der Waals surface area contributed by atoms with Gasteiger partial charge in [0, 0.05) is 37.8 Å². The van der Waals surface area contributed by atoms with Gasteiger partial charge in [-0.1, -0.05) is 32.0 Å². The molecule has 3 heterocycles. The van der Waals surface area contributed by atoms with Crippen LogP contribution in [0.5, 0.6) is 0 Å². The molecule has 2 aromatic heterocycles. The van der Waals surface area contributed by atoms with Crippen LogP contribution in [-0.2, 0) is 32.9 Å². The number of aryl methyl sites for hydroxylation is 5. The SMILES string of the molecule is CCc1cccc(CC)c1-c1cc(C)c2c(n1)CCN(c1c(C)nn(C)c1C)C2. The lowest BCUT2D eigenvalue weighted by Crippen LogP contribution is -2.32. The van der Waals surface area contributed by atoms with E-state index >= 15 is 0 Å². The van der Waals surface area contributed by atoms with Crippen molar-refractivity contribution >= 4 is 5.69 Å². The van der Waals surface area contributed by atoms with Crippen molar-refractivity contribution in [3.05, 3.63) is 63.6 Å². The van der Waals surface area contributed by atoms with E-state index in [1.807, 2.05) is 11.7 Å². The van der Waals surface area contributed by atoms with Crippen LogP contribution in [0.3, 0.4) is 0 Å². The third kappa shape index (κ3) is 3.35. The Kier molecular flexibility index (Phi) is 5.20. The Hall–Kier alpha value is -2.62. The van der Waals surface area contributed by atoms with Gasteiger partial charge in [-0.15, -0.1) is 0 Å². The van der Waals surface area contributed by atoms with Crippen LogP contribution in [0.15, 0.2) is 24.3 Å². The normalized spacial score (nSPS) is 13.7. The number of pyridine rings is 1. The van der Waals surface area contributed by atoms with Gasteiger partial charge in [0.15, 0.2) is 0 Å². The largest absolute Gasteiger partial charge is 0.364 e. The maximum atomic E-state index is 5.19. The lowest BCUT2D eigenvalue weighted by Gasteiger charge is -2.32. The van der Waals surface area contributed by atoms with Crippen LogP contribution in [0.4, 0.5) is 5.69 Å². The van der Waals surface area contributed by atoms with Crippen LogP contribution in [0, 0.1) is 20.8 Å². The van der Waals surface area contributed by atoms with Gasteiger partial charge >= 0.3 is 0 Å². The number of rotatable bonds is 4. The predicted octanol–water partition coefficient (Wildman–Crippen LogP) is 5.09. The summed E-state index contributed by atoms with van der Waals surface area (Å²) in [6.45, 7) is 12.9. The van der Waals surface area contributed by atoms with Crippen molar-refractivity contribution in [2.75, 3.05) is 11.4 Å². The minimum atomic E-state index is 0.915. The summed E-state index contributed by atoms with van der Waals surface area (Å²) in [4.78, 5) is 7.67. The molecular formula is C25H32N4. The second-order valence-electron chi connectivity index (χ2n) is 8.22. The van der Waals surface area contributed by atoms with Gasteiger partial charge in [-0.3, -0.25) is 9.67 Å². The molecule has 29 heavy (non-hydrogen) atoms. The zero-order chi connectivity index (χ0) is 20.7. The van der Waals surface area contributed by atoms with Gasteiger partial charge in [-0.05, 0) is 61.9 Å². The van der Waals surface area contributed by atoms with E-state index in [0.717, 1.165) is 43.7 Å². The van der Waals surface area contributed by atoms with E-state index in [4.69, 9.17) is 4.98 Å². The number of hydrogen-bond donors (Lipinski definition) is 0. The number of anilines is 1. The standard InChI is InChI=1S/C25H32N4/c1-7-19-10-9-11-20(8-2)24(19)23-14-16(3)21-15-29(13-12-22(21)26-23)25-17(4)27-28(6)18(25)5/h9-11,14H,7-8,12-13,15H2,1-6H3. The van der Waals surface area contributed by atoms with Gasteiger partial charge in [0.05, 0.1) is 22.8 Å². The Morgan fingerprint density at radius 2 is 1.72 bits per heavy atom. The minimum Gasteiger partial charge on any atom is -0.364 e. The number of aromatic nitrogens is 3. The molecule has 0 spiro atoms. The van der Waals surface area contributed by atoms with Crippen molar-refractivity contribution in [3.63, 3.8) is 0 Å². The van der Waals surface area contributed by atoms with Gasteiger partial charge < -0.3 is 4.90 Å². The van der Waals surface area contributed by atoms with Gasteiger partial charge in [-0.25, -0.2) is 0 Å². The maximum absolute atomic E-state index is 5.19. The highest BCUT2D eigenvalue weighted by molar-refractivity contribution is 5.70. The molecule has 0 N–H and O–H groups in total. The van der Waals surface area contributed by atoms with Crippen molar-refractivity contribution < 1.29 is 0 Å². The molecule has 4 nitrogen and oxygen atoms in total. The molecule has 152 valence electrons. The molecule has 0 atom stereocenters. The highest BCUT2D eigenvalue weighted by Gasteiger charge is 2.25. The van der Waals surface area contributed by atoms with Gasteiger partial charge in [0.1, 0.15) is 0 Å². The van der Waals surface area contributed by atoms with E-state index < -0.39 is 0 Å². The van der Waals surface area contributed by atoms with Crippen molar-refractivity contribution in [1.82, 2.24) is 14.8 Å². The maximum Gasteiger partial charge on any atom is 0.0830 e. The molecule has 1 aromatic carbocycles. The minimum absolute atomic E-state index is 0.915. The molecule has 4 heteroatoms. The third-order valence-electron chi connectivity index (χ3n) is 6.44. The first-order chi connectivity index (χ1) is 13.9. The Balaban J connectivity index is 1.75. The van der Waals surface area contributed by atoms with Crippen LogP contribution in [-0.4, -0.2) is 21.3 Å². The van der Waals surface area contributed by atoms with Crippen molar-refractivity contribution in [3.8, 4) is 11.3 Å². The lowest BCUT2D eigenvalue weighted by molar-refractivity contribution is 0.700. The summed E-state index contributed by atoms with van der Waals surface area (Å²) in [5, 5.41) is 4.62. The van der Waals surface area contributed by atoms with E-state index in [1.54, 1.807) is 0 Å². The van der Waals surface area contributed by atoms with E-state index in [9.17, 15) is 0 Å². The van der Waals surface area contributed by atoms with E-state index in [1.165, 1.54) is 44.9 Å². The van der Waals surface area contributed by atoms with Gasteiger partial charge in [-0.2, -0.15) is 5.10 Å². The first kappa shape index (κ1) is 19.7. The molecule has 3 aromatic rings. The fourth-order valence-electron chi connectivity index (χ4n) is 4.81. The second kappa shape index (κ2) is 7.66. The number of hydrogen-bond acceptors (Lipinski definition) is 3. The smallest absolute Gasteiger partial charge is 0.0830 e. The fraction of sp³-hybridized carbons (Fsp3) is 0.440. The van der Waals surface area contributed by atoms with Crippen LogP contribution in [0.2, 0.25) is 0 Å². The molecule has 4 rings (SSSR count). The molecule has 0 amide bonds. The van der Waals surface area contributed by atoms with Crippen molar-refractivity contribution in [2.24, 2.45) is 7.05 Å². The van der Waals surface area contributed by atoms with Gasteiger partial charge in [0.2, 0.25) is 0 Å². The van der Waals surface area contributed by atoms with Gasteiger partial charge in [0.25, 0.3) is 0 Å². The quantitative estimate of drug-likeness (QED) is 0.624. The molecular weight excluding hydrogens is 356 g/mol. The average molecular weight is 389 g/mol. The van der Waals surface area contributed by atoms with E-state index in [2.05, 4.69) is 68.9 Å². The molecule has 0 fully saturated rings. The topological polar surface area (TPSA) is 34.0 Å². The van der Waals surface area contributed by atoms with Crippen LogP contribution in [0.1, 0.15) is 53.2 Å². The summed E-state index contributed by atoms with van der Waals surface area (Å²) in [6.07, 6.45) is 3.05. The summed E-state index contributed by atoms with van der Waals surface area (Å²) < 4.78 is 1.99. The summed E-state index contributed by atoms with van der Waals surface area (Å²) in [6, 6.07) is 8.99. The molecule has 0 saturated heterocycles. The Morgan fingerprint density at radius 1 is 1.03 bits per heavy atom. The zero-order valence-electron chi connectivity index (χ0n) is 18.6. The molecule has 0 radical (unpaired) electrons. The first-order valence-corrected chi connectivity index (χ1v) is 10.8. The summed E-state index contributed by atoms with van der Waals surface area (Å²) in [5.74, 6) is 0. The van der Waals surface area contributed by atoms with Crippen molar-refractivity contribution in [1.29, 1.82) is 0 Å². The highest BCUT2D eigenvalue weighted by Crippen LogP contribution is 2.34. The predicted molar refractivity (Wildman–Crippen MR) is 121 cm³/mol. The number of nitrogens with zero attached hydrogens (tertiary/aromatic N) is 4. The fourth-order valence-corrected chi connectivity index (χ4v) is 4.81. The molecule has 1 aliphatic heterocycles. The summed E-state index contributed by atoms with van der Waals surface area (Å²) in [5.41, 5.74) is 12.9. The zero-order valence-corrected chi connectivity index (χ0v) is 18.6. The molecule has 0 bridgehead atoms. The second-order valence-corrected chi connectivity index (χ2v) is 8.22. The summed E-state index contributed by atoms with van der Waals surface area (Å²) in [7, 11) is 2.03. The van der Waals surface area contributed by atoms with Crippen LogP contribution < -0.4 is 4.90 Å². The molecule has 0 saturated carbocycles. The monoisotopic (exact) mass is 388 g/mol. The summed E-state index contributed by atoms with van der Waals surface area (Å²) >= 11 is 0. The van der Waals surface area contributed by atoms with Crippen LogP contribution >= 0.6 is 0 Å². The van der Waals surface area contributed by atoms with Crippen LogP contribution in [0.25, 0.3) is 11.3 Å². The van der Waals surface area contributed by atoms with Crippen molar-refractivity contribution in [2.45, 2.75) is 60.4 Å². The average Bonchev–Trinajstić information content (AvgIpc) is 2.98. The third-order valence-corrected chi connectivity index (χ3v) is 6.44. The Morgan fingerprint density at radius 3 is 2.31 bits per heavy atom. The Bertz CT molecular complexity index is 1040. The lowest BCUT2D eigenvalue weighted by atomic mass is 9.92. The molecule has 0 aliphatic carbocycles.